The van der Waals surface area contributed by atoms with Gasteiger partial charge >= 0.3 is 0 Å². The Morgan fingerprint density at radius 1 is 1.45 bits per heavy atom. The molecule has 1 saturated heterocycles. The topological polar surface area (TPSA) is 59.6 Å². The Bertz CT molecular complexity index is 498. The molecule has 0 spiro atoms. The SMILES string of the molecule is CC1(C(=O)NCC2COc3ccccc3O2)CCNC1. The molecule has 1 amide bonds. The van der Waals surface area contributed by atoms with Crippen molar-refractivity contribution in [2.45, 2.75) is 19.4 Å². The predicted molar refractivity (Wildman–Crippen MR) is 75.0 cm³/mol. The number of hydrogen-bond acceptors (Lipinski definition) is 4. The van der Waals surface area contributed by atoms with Gasteiger partial charge in [0.05, 0.1) is 12.0 Å². The summed E-state index contributed by atoms with van der Waals surface area (Å²) in [5.74, 6) is 1.60. The van der Waals surface area contributed by atoms with Crippen molar-refractivity contribution in [3.8, 4) is 11.5 Å². The summed E-state index contributed by atoms with van der Waals surface area (Å²) >= 11 is 0. The van der Waals surface area contributed by atoms with Crippen LogP contribution in [-0.2, 0) is 4.79 Å². The molecule has 0 aromatic heterocycles. The Morgan fingerprint density at radius 2 is 2.25 bits per heavy atom. The maximum Gasteiger partial charge on any atom is 0.227 e. The van der Waals surface area contributed by atoms with E-state index < -0.39 is 0 Å². The maximum atomic E-state index is 12.2. The zero-order valence-corrected chi connectivity index (χ0v) is 11.6. The number of carbonyl (C=O) groups excluding carboxylic acids is 1. The second-order valence-electron chi connectivity index (χ2n) is 5.70. The highest BCUT2D eigenvalue weighted by Gasteiger charge is 2.36. The van der Waals surface area contributed by atoms with Gasteiger partial charge in [0, 0.05) is 6.54 Å². The van der Waals surface area contributed by atoms with Gasteiger partial charge in [-0.1, -0.05) is 12.1 Å². The smallest absolute Gasteiger partial charge is 0.227 e. The number of benzene rings is 1. The minimum atomic E-state index is -0.298. The Balaban J connectivity index is 1.54. The van der Waals surface area contributed by atoms with E-state index in [1.807, 2.05) is 31.2 Å². The molecule has 2 atom stereocenters. The van der Waals surface area contributed by atoms with E-state index in [2.05, 4.69) is 10.6 Å². The van der Waals surface area contributed by atoms with E-state index in [1.54, 1.807) is 0 Å². The van der Waals surface area contributed by atoms with Crippen molar-refractivity contribution in [3.05, 3.63) is 24.3 Å². The molecule has 1 aromatic rings. The minimum absolute atomic E-state index is 0.0879. The Hall–Kier alpha value is -1.75. The highest BCUT2D eigenvalue weighted by molar-refractivity contribution is 5.82. The monoisotopic (exact) mass is 276 g/mol. The molecule has 2 unspecified atom stereocenters. The van der Waals surface area contributed by atoms with Gasteiger partial charge in [0.1, 0.15) is 12.7 Å². The molecule has 0 saturated carbocycles. The molecule has 1 fully saturated rings. The largest absolute Gasteiger partial charge is 0.486 e. The van der Waals surface area contributed by atoms with Gasteiger partial charge in [-0.15, -0.1) is 0 Å². The van der Waals surface area contributed by atoms with Crippen LogP contribution in [0.5, 0.6) is 11.5 Å². The molecule has 2 aliphatic rings. The maximum absolute atomic E-state index is 12.2. The first-order valence-corrected chi connectivity index (χ1v) is 7.05. The van der Waals surface area contributed by atoms with Gasteiger partial charge in [0.2, 0.25) is 5.91 Å². The molecular weight excluding hydrogens is 256 g/mol. The second-order valence-corrected chi connectivity index (χ2v) is 5.70. The lowest BCUT2D eigenvalue weighted by Gasteiger charge is -2.28. The minimum Gasteiger partial charge on any atom is -0.486 e. The van der Waals surface area contributed by atoms with Crippen LogP contribution in [0.1, 0.15) is 13.3 Å². The highest BCUT2D eigenvalue weighted by Crippen LogP contribution is 2.31. The van der Waals surface area contributed by atoms with Gasteiger partial charge in [-0.3, -0.25) is 4.79 Å². The molecule has 0 radical (unpaired) electrons. The van der Waals surface area contributed by atoms with Crippen LogP contribution in [0.4, 0.5) is 0 Å². The Kier molecular flexibility index (Phi) is 3.53. The van der Waals surface area contributed by atoms with Crippen molar-refractivity contribution >= 4 is 5.91 Å². The molecular formula is C15H20N2O3. The van der Waals surface area contributed by atoms with Crippen molar-refractivity contribution in [2.24, 2.45) is 5.41 Å². The van der Waals surface area contributed by atoms with E-state index in [4.69, 9.17) is 9.47 Å². The summed E-state index contributed by atoms with van der Waals surface area (Å²) in [4.78, 5) is 12.2. The molecule has 3 rings (SSSR count). The summed E-state index contributed by atoms with van der Waals surface area (Å²) in [7, 11) is 0. The van der Waals surface area contributed by atoms with Crippen molar-refractivity contribution in [2.75, 3.05) is 26.2 Å². The van der Waals surface area contributed by atoms with E-state index >= 15 is 0 Å². The normalized spacial score (nSPS) is 28.1. The molecule has 1 aromatic carbocycles. The van der Waals surface area contributed by atoms with E-state index in [1.165, 1.54) is 0 Å². The molecule has 108 valence electrons. The number of ether oxygens (including phenoxy) is 2. The van der Waals surface area contributed by atoms with E-state index in [9.17, 15) is 4.79 Å². The number of rotatable bonds is 3. The molecule has 2 aliphatic heterocycles. The second kappa shape index (κ2) is 5.32. The van der Waals surface area contributed by atoms with Crippen LogP contribution in [-0.4, -0.2) is 38.3 Å². The third-order valence-corrected chi connectivity index (χ3v) is 3.97. The number of nitrogens with one attached hydrogen (secondary N) is 2. The zero-order valence-electron chi connectivity index (χ0n) is 11.6. The summed E-state index contributed by atoms with van der Waals surface area (Å²) in [5, 5.41) is 6.21. The lowest BCUT2D eigenvalue weighted by atomic mass is 9.89. The first-order chi connectivity index (χ1) is 9.67. The number of fused-ring (bicyclic) bond motifs is 1. The van der Waals surface area contributed by atoms with Crippen LogP contribution in [0.15, 0.2) is 24.3 Å². The molecule has 2 N–H and O–H groups in total. The fourth-order valence-electron chi connectivity index (χ4n) is 2.59. The van der Waals surface area contributed by atoms with E-state index in [0.717, 1.165) is 31.0 Å². The third-order valence-electron chi connectivity index (χ3n) is 3.97. The molecule has 5 heteroatoms. The predicted octanol–water partition coefficient (Wildman–Crippen LogP) is 0.942. The average molecular weight is 276 g/mol. The fourth-order valence-corrected chi connectivity index (χ4v) is 2.59. The van der Waals surface area contributed by atoms with Gasteiger partial charge in [-0.05, 0) is 32.0 Å². The van der Waals surface area contributed by atoms with Gasteiger partial charge in [0.25, 0.3) is 0 Å². The number of amides is 1. The van der Waals surface area contributed by atoms with Gasteiger partial charge in [-0.2, -0.15) is 0 Å². The van der Waals surface area contributed by atoms with Crippen LogP contribution in [0.25, 0.3) is 0 Å². The van der Waals surface area contributed by atoms with Crippen LogP contribution >= 0.6 is 0 Å². The fraction of sp³-hybridized carbons (Fsp3) is 0.533. The molecule has 0 bridgehead atoms. The van der Waals surface area contributed by atoms with Crippen LogP contribution in [0.3, 0.4) is 0 Å². The van der Waals surface area contributed by atoms with Gasteiger partial charge in [-0.25, -0.2) is 0 Å². The van der Waals surface area contributed by atoms with Crippen molar-refractivity contribution < 1.29 is 14.3 Å². The lowest BCUT2D eigenvalue weighted by molar-refractivity contribution is -0.129. The molecule has 0 aliphatic carbocycles. The van der Waals surface area contributed by atoms with E-state index in [0.29, 0.717) is 13.2 Å². The summed E-state index contributed by atoms with van der Waals surface area (Å²) in [6.07, 6.45) is 0.746. The van der Waals surface area contributed by atoms with Crippen LogP contribution < -0.4 is 20.1 Å². The van der Waals surface area contributed by atoms with Crippen molar-refractivity contribution in [1.82, 2.24) is 10.6 Å². The molecule has 5 nitrogen and oxygen atoms in total. The average Bonchev–Trinajstić information content (AvgIpc) is 2.92. The zero-order chi connectivity index (χ0) is 14.0. The first kappa shape index (κ1) is 13.2. The Labute approximate surface area is 118 Å². The summed E-state index contributed by atoms with van der Waals surface area (Å²) in [6.45, 7) is 4.58. The van der Waals surface area contributed by atoms with Gasteiger partial charge in [0.15, 0.2) is 11.5 Å². The summed E-state index contributed by atoms with van der Waals surface area (Å²) < 4.78 is 11.5. The van der Waals surface area contributed by atoms with Gasteiger partial charge < -0.3 is 20.1 Å². The van der Waals surface area contributed by atoms with E-state index in [-0.39, 0.29) is 17.4 Å². The van der Waals surface area contributed by atoms with Crippen molar-refractivity contribution in [3.63, 3.8) is 0 Å². The molecule has 2 heterocycles. The standard InChI is InChI=1S/C15H20N2O3/c1-15(6-7-16-10-15)14(18)17-8-11-9-19-12-4-2-3-5-13(12)20-11/h2-5,11,16H,6-10H2,1H3,(H,17,18). The lowest BCUT2D eigenvalue weighted by Crippen LogP contribution is -2.46. The number of para-hydroxylation sites is 2. The number of carbonyl (C=O) groups is 1. The summed E-state index contributed by atoms with van der Waals surface area (Å²) in [5.41, 5.74) is -0.298. The molecule has 20 heavy (non-hydrogen) atoms. The van der Waals surface area contributed by atoms with Crippen molar-refractivity contribution in [1.29, 1.82) is 0 Å². The highest BCUT2D eigenvalue weighted by atomic mass is 16.6. The summed E-state index contributed by atoms with van der Waals surface area (Å²) in [6, 6.07) is 7.59. The Morgan fingerprint density at radius 3 is 3.00 bits per heavy atom. The first-order valence-electron chi connectivity index (χ1n) is 7.05. The van der Waals surface area contributed by atoms with Crippen LogP contribution in [0.2, 0.25) is 0 Å². The quantitative estimate of drug-likeness (QED) is 0.862. The number of hydrogen-bond donors (Lipinski definition) is 2. The van der Waals surface area contributed by atoms with Crippen LogP contribution in [0, 0.1) is 5.41 Å². The third kappa shape index (κ3) is 2.58.